The molecule has 2 atom stereocenters. The molecule has 1 fully saturated rings. The molecule has 25 heavy (non-hydrogen) atoms. The van der Waals surface area contributed by atoms with Crippen molar-refractivity contribution in [2.75, 3.05) is 0 Å². The van der Waals surface area contributed by atoms with Crippen LogP contribution in [0.15, 0.2) is 22.6 Å². The van der Waals surface area contributed by atoms with Crippen LogP contribution < -0.4 is 5.73 Å². The highest BCUT2D eigenvalue weighted by Gasteiger charge is 2.27. The molecule has 0 amide bonds. The van der Waals surface area contributed by atoms with E-state index in [1.165, 1.54) is 56.9 Å². The van der Waals surface area contributed by atoms with Gasteiger partial charge in [0.2, 0.25) is 0 Å². The van der Waals surface area contributed by atoms with Crippen LogP contribution in [0.5, 0.6) is 0 Å². The van der Waals surface area contributed by atoms with Gasteiger partial charge in [-0.1, -0.05) is 57.9 Å². The van der Waals surface area contributed by atoms with Crippen molar-refractivity contribution in [1.29, 1.82) is 0 Å². The summed E-state index contributed by atoms with van der Waals surface area (Å²) >= 11 is 0. The van der Waals surface area contributed by atoms with Gasteiger partial charge in [0, 0.05) is 12.0 Å². The number of nitrogens with zero attached hydrogens (tertiary/aromatic N) is 1. The van der Waals surface area contributed by atoms with E-state index in [-0.39, 0.29) is 0 Å². The summed E-state index contributed by atoms with van der Waals surface area (Å²) in [6.07, 6.45) is 15.3. The van der Waals surface area contributed by atoms with Gasteiger partial charge in [-0.3, -0.25) is 0 Å². The van der Waals surface area contributed by atoms with Crippen molar-refractivity contribution >= 4 is 11.1 Å². The van der Waals surface area contributed by atoms with Crippen LogP contribution in [0.1, 0.15) is 94.9 Å². The first kappa shape index (κ1) is 18.4. The quantitative estimate of drug-likeness (QED) is 0.530. The summed E-state index contributed by atoms with van der Waals surface area (Å²) in [5.41, 5.74) is 9.36. The minimum atomic E-state index is 0.317. The zero-order chi connectivity index (χ0) is 17.5. The van der Waals surface area contributed by atoms with Crippen LogP contribution in [0, 0.1) is 0 Å². The van der Waals surface area contributed by atoms with Gasteiger partial charge in [0.15, 0.2) is 11.5 Å². The molecular formula is C22H34N2O. The molecule has 1 saturated carbocycles. The van der Waals surface area contributed by atoms with Crippen LogP contribution in [0.3, 0.4) is 0 Å². The summed E-state index contributed by atoms with van der Waals surface area (Å²) in [4.78, 5) is 4.75. The van der Waals surface area contributed by atoms with E-state index >= 15 is 0 Å². The monoisotopic (exact) mass is 342 g/mol. The zero-order valence-corrected chi connectivity index (χ0v) is 15.8. The zero-order valence-electron chi connectivity index (χ0n) is 15.8. The molecule has 1 aliphatic carbocycles. The van der Waals surface area contributed by atoms with Crippen LogP contribution in [0.2, 0.25) is 0 Å². The van der Waals surface area contributed by atoms with Crippen molar-refractivity contribution in [1.82, 2.24) is 4.98 Å². The van der Waals surface area contributed by atoms with E-state index in [9.17, 15) is 0 Å². The Morgan fingerprint density at radius 2 is 1.80 bits per heavy atom. The lowest BCUT2D eigenvalue weighted by atomic mass is 10.0. The number of oxazole rings is 1. The molecule has 3 nitrogen and oxygen atoms in total. The lowest BCUT2D eigenvalue weighted by Gasteiger charge is -2.02. The largest absolute Gasteiger partial charge is 0.440 e. The smallest absolute Gasteiger partial charge is 0.198 e. The molecule has 0 aliphatic heterocycles. The number of aromatic nitrogens is 1. The summed E-state index contributed by atoms with van der Waals surface area (Å²) < 4.78 is 5.98. The van der Waals surface area contributed by atoms with Crippen LogP contribution in [0.4, 0.5) is 0 Å². The Morgan fingerprint density at radius 1 is 1.04 bits per heavy atom. The molecule has 1 aromatic carbocycles. The minimum absolute atomic E-state index is 0.317. The van der Waals surface area contributed by atoms with E-state index in [4.69, 9.17) is 15.1 Å². The first-order chi connectivity index (χ1) is 12.3. The number of unbranched alkanes of at least 4 members (excludes halogenated alkanes) is 7. The average molecular weight is 343 g/mol. The van der Waals surface area contributed by atoms with Crippen LogP contribution in [-0.4, -0.2) is 11.0 Å². The highest BCUT2D eigenvalue weighted by molar-refractivity contribution is 5.73. The van der Waals surface area contributed by atoms with Crippen molar-refractivity contribution in [2.45, 2.75) is 95.9 Å². The van der Waals surface area contributed by atoms with Gasteiger partial charge in [-0.15, -0.1) is 0 Å². The fourth-order valence-corrected chi connectivity index (χ4v) is 4.02. The Morgan fingerprint density at radius 3 is 2.52 bits per heavy atom. The molecule has 138 valence electrons. The fourth-order valence-electron chi connectivity index (χ4n) is 4.02. The van der Waals surface area contributed by atoms with E-state index in [0.717, 1.165) is 42.7 Å². The van der Waals surface area contributed by atoms with Crippen molar-refractivity contribution in [3.8, 4) is 0 Å². The topological polar surface area (TPSA) is 52.0 Å². The van der Waals surface area contributed by atoms with Gasteiger partial charge in [-0.2, -0.15) is 0 Å². The molecular weight excluding hydrogens is 308 g/mol. The molecule has 1 aliphatic rings. The number of aryl methyl sites for hydroxylation is 1. The summed E-state index contributed by atoms with van der Waals surface area (Å²) in [6, 6.07) is 6.84. The predicted molar refractivity (Wildman–Crippen MR) is 105 cm³/mol. The summed E-state index contributed by atoms with van der Waals surface area (Å²) in [7, 11) is 0. The normalized spacial score (nSPS) is 20.6. The number of benzene rings is 1. The summed E-state index contributed by atoms with van der Waals surface area (Å²) in [6.45, 7) is 2.28. The average Bonchev–Trinajstić information content (AvgIpc) is 3.22. The molecule has 0 spiro atoms. The van der Waals surface area contributed by atoms with Crippen LogP contribution in [0.25, 0.3) is 11.1 Å². The third kappa shape index (κ3) is 5.31. The lowest BCUT2D eigenvalue weighted by Crippen LogP contribution is -2.14. The molecule has 1 unspecified atom stereocenters. The van der Waals surface area contributed by atoms with E-state index in [2.05, 4.69) is 25.1 Å². The third-order valence-corrected chi connectivity index (χ3v) is 5.61. The molecule has 2 aromatic rings. The van der Waals surface area contributed by atoms with Gasteiger partial charge in [0.25, 0.3) is 0 Å². The van der Waals surface area contributed by atoms with Gasteiger partial charge >= 0.3 is 0 Å². The predicted octanol–water partition coefficient (Wildman–Crippen LogP) is 6.11. The molecule has 3 heteroatoms. The van der Waals surface area contributed by atoms with Crippen molar-refractivity contribution in [3.63, 3.8) is 0 Å². The maximum Gasteiger partial charge on any atom is 0.198 e. The second-order valence-electron chi connectivity index (χ2n) is 7.85. The molecule has 0 saturated heterocycles. The Kier molecular flexibility index (Phi) is 6.92. The Hall–Kier alpha value is -1.35. The molecule has 1 aromatic heterocycles. The SMILES string of the molecule is CCCCCCCCCCc1ccc2oc(C3CC[C@H](N)C3)nc2c1. The summed E-state index contributed by atoms with van der Waals surface area (Å²) in [5.74, 6) is 1.31. The van der Waals surface area contributed by atoms with Gasteiger partial charge in [0.1, 0.15) is 5.52 Å². The van der Waals surface area contributed by atoms with Crippen LogP contribution in [-0.2, 0) is 6.42 Å². The second kappa shape index (κ2) is 9.38. The maximum absolute atomic E-state index is 6.02. The van der Waals surface area contributed by atoms with Crippen molar-refractivity contribution in [2.24, 2.45) is 5.73 Å². The number of hydrogen-bond acceptors (Lipinski definition) is 3. The highest BCUT2D eigenvalue weighted by Crippen LogP contribution is 2.34. The number of hydrogen-bond donors (Lipinski definition) is 1. The molecule has 3 rings (SSSR count). The molecule has 1 heterocycles. The molecule has 2 N–H and O–H groups in total. The van der Waals surface area contributed by atoms with Gasteiger partial charge in [0.05, 0.1) is 0 Å². The van der Waals surface area contributed by atoms with Crippen LogP contribution >= 0.6 is 0 Å². The van der Waals surface area contributed by atoms with E-state index in [1.54, 1.807) is 0 Å². The van der Waals surface area contributed by atoms with E-state index < -0.39 is 0 Å². The lowest BCUT2D eigenvalue weighted by molar-refractivity contribution is 0.471. The first-order valence-electron chi connectivity index (χ1n) is 10.4. The fraction of sp³-hybridized carbons (Fsp3) is 0.682. The number of rotatable bonds is 10. The number of nitrogens with two attached hydrogens (primary N) is 1. The van der Waals surface area contributed by atoms with E-state index in [0.29, 0.717) is 12.0 Å². The van der Waals surface area contributed by atoms with Gasteiger partial charge in [-0.05, 0) is 49.8 Å². The second-order valence-corrected chi connectivity index (χ2v) is 7.85. The Balaban J connectivity index is 1.45. The highest BCUT2D eigenvalue weighted by atomic mass is 16.3. The minimum Gasteiger partial charge on any atom is -0.440 e. The molecule has 0 bridgehead atoms. The van der Waals surface area contributed by atoms with Crippen molar-refractivity contribution < 1.29 is 4.42 Å². The summed E-state index contributed by atoms with van der Waals surface area (Å²) in [5, 5.41) is 0. The van der Waals surface area contributed by atoms with Crippen molar-refractivity contribution in [3.05, 3.63) is 29.7 Å². The standard InChI is InChI=1S/C22H34N2O/c1-2-3-4-5-6-7-8-9-10-17-11-14-21-20(15-17)24-22(25-21)18-12-13-19(23)16-18/h11,14-15,18-19H,2-10,12-13,16,23H2,1H3/t18?,19-/m0/s1. The Bertz CT molecular complexity index is 649. The Labute approximate surface area is 152 Å². The van der Waals surface area contributed by atoms with E-state index in [1.807, 2.05) is 0 Å². The first-order valence-corrected chi connectivity index (χ1v) is 10.4. The van der Waals surface area contributed by atoms with Gasteiger partial charge < -0.3 is 10.2 Å². The van der Waals surface area contributed by atoms with Gasteiger partial charge in [-0.25, -0.2) is 4.98 Å². The maximum atomic E-state index is 6.02. The number of fused-ring (bicyclic) bond motifs is 1. The molecule has 0 radical (unpaired) electrons. The third-order valence-electron chi connectivity index (χ3n) is 5.61.